The van der Waals surface area contributed by atoms with Crippen LogP contribution in [-0.4, -0.2) is 43.7 Å². The van der Waals surface area contributed by atoms with Crippen molar-refractivity contribution < 1.29 is 4.79 Å². The Bertz CT molecular complexity index is 508. The van der Waals surface area contributed by atoms with Crippen molar-refractivity contribution in [2.45, 2.75) is 26.2 Å². The molecule has 1 saturated heterocycles. The van der Waals surface area contributed by atoms with Crippen molar-refractivity contribution in [3.8, 4) is 0 Å². The third-order valence-electron chi connectivity index (χ3n) is 4.06. The molecule has 4 heteroatoms. The fourth-order valence-corrected chi connectivity index (χ4v) is 2.61. The summed E-state index contributed by atoms with van der Waals surface area (Å²) in [4.78, 5) is 16.1. The van der Waals surface area contributed by atoms with Crippen molar-refractivity contribution in [3.05, 3.63) is 42.5 Å². The second-order valence-corrected chi connectivity index (χ2v) is 6.75. The van der Waals surface area contributed by atoms with E-state index in [1.54, 1.807) is 6.08 Å². The summed E-state index contributed by atoms with van der Waals surface area (Å²) in [6.07, 6.45) is 1.70. The topological polar surface area (TPSA) is 35.6 Å². The molecular formula is C18H27N3O. The van der Waals surface area contributed by atoms with Gasteiger partial charge in [0.2, 0.25) is 0 Å². The molecule has 0 bridgehead atoms. The minimum Gasteiger partial charge on any atom is -0.368 e. The number of benzene rings is 1. The number of piperazine rings is 1. The molecule has 2 rings (SSSR count). The van der Waals surface area contributed by atoms with E-state index in [2.05, 4.69) is 61.8 Å². The van der Waals surface area contributed by atoms with Crippen LogP contribution in [0, 0.1) is 0 Å². The highest BCUT2D eigenvalue weighted by Crippen LogP contribution is 2.25. The molecule has 1 N–H and O–H groups in total. The van der Waals surface area contributed by atoms with Crippen molar-refractivity contribution >= 4 is 11.7 Å². The van der Waals surface area contributed by atoms with Crippen molar-refractivity contribution in [1.29, 1.82) is 0 Å². The Kier molecular flexibility index (Phi) is 5.11. The summed E-state index contributed by atoms with van der Waals surface area (Å²) in [5, 5.41) is 2.83. The maximum Gasteiger partial charge on any atom is 0.317 e. The lowest BCUT2D eigenvalue weighted by Crippen LogP contribution is -2.51. The Labute approximate surface area is 133 Å². The summed E-state index contributed by atoms with van der Waals surface area (Å²) in [7, 11) is 0. The first kappa shape index (κ1) is 16.4. The highest BCUT2D eigenvalue weighted by molar-refractivity contribution is 5.74. The smallest absolute Gasteiger partial charge is 0.317 e. The van der Waals surface area contributed by atoms with Gasteiger partial charge in [-0.05, 0) is 23.1 Å². The fourth-order valence-electron chi connectivity index (χ4n) is 2.61. The standard InChI is InChI=1S/C18H27N3O/c1-5-10-19-17(22)21-13-11-20(12-14-21)16-8-6-15(7-9-16)18(2,3)4/h5-9H,1,10-14H2,2-4H3,(H,19,22). The zero-order valence-corrected chi connectivity index (χ0v) is 13.9. The Balaban J connectivity index is 1.91. The maximum absolute atomic E-state index is 11.9. The van der Waals surface area contributed by atoms with Gasteiger partial charge >= 0.3 is 6.03 Å². The molecule has 1 fully saturated rings. The largest absolute Gasteiger partial charge is 0.368 e. The van der Waals surface area contributed by atoms with Gasteiger partial charge in [0.15, 0.2) is 0 Å². The second kappa shape index (κ2) is 6.86. The predicted octanol–water partition coefficient (Wildman–Crippen LogP) is 3.00. The molecule has 0 saturated carbocycles. The summed E-state index contributed by atoms with van der Waals surface area (Å²) in [5.74, 6) is 0. The fraction of sp³-hybridized carbons (Fsp3) is 0.500. The van der Waals surface area contributed by atoms with E-state index in [9.17, 15) is 4.79 Å². The Hall–Kier alpha value is -1.97. The van der Waals surface area contributed by atoms with Crippen LogP contribution in [0.25, 0.3) is 0 Å². The van der Waals surface area contributed by atoms with Crippen molar-refractivity contribution in [3.63, 3.8) is 0 Å². The first-order chi connectivity index (χ1) is 10.4. The maximum atomic E-state index is 11.9. The molecule has 1 aliphatic rings. The summed E-state index contributed by atoms with van der Waals surface area (Å²) < 4.78 is 0. The third kappa shape index (κ3) is 4.03. The van der Waals surface area contributed by atoms with Crippen LogP contribution >= 0.6 is 0 Å². The summed E-state index contributed by atoms with van der Waals surface area (Å²) in [6.45, 7) is 14.1. The number of amides is 2. The van der Waals surface area contributed by atoms with Gasteiger partial charge in [-0.2, -0.15) is 0 Å². The number of anilines is 1. The molecule has 0 unspecified atom stereocenters. The van der Waals surface area contributed by atoms with Crippen LogP contribution in [0.15, 0.2) is 36.9 Å². The van der Waals surface area contributed by atoms with E-state index in [0.29, 0.717) is 6.54 Å². The SMILES string of the molecule is C=CCNC(=O)N1CCN(c2ccc(C(C)(C)C)cc2)CC1. The first-order valence-corrected chi connectivity index (χ1v) is 7.91. The lowest BCUT2D eigenvalue weighted by molar-refractivity contribution is 0.195. The molecule has 1 aromatic carbocycles. The summed E-state index contributed by atoms with van der Waals surface area (Å²) in [5.41, 5.74) is 2.76. The van der Waals surface area contributed by atoms with E-state index in [0.717, 1.165) is 26.2 Å². The highest BCUT2D eigenvalue weighted by atomic mass is 16.2. The molecule has 1 aliphatic heterocycles. The highest BCUT2D eigenvalue weighted by Gasteiger charge is 2.21. The van der Waals surface area contributed by atoms with E-state index < -0.39 is 0 Å². The lowest BCUT2D eigenvalue weighted by atomic mass is 9.87. The molecule has 0 radical (unpaired) electrons. The van der Waals surface area contributed by atoms with Crippen LogP contribution in [0.1, 0.15) is 26.3 Å². The molecule has 4 nitrogen and oxygen atoms in total. The average Bonchev–Trinajstić information content (AvgIpc) is 2.52. The number of hydrogen-bond donors (Lipinski definition) is 1. The number of carbonyl (C=O) groups excluding carboxylic acids is 1. The number of urea groups is 1. The summed E-state index contributed by atoms with van der Waals surface area (Å²) in [6, 6.07) is 8.79. The van der Waals surface area contributed by atoms with E-state index >= 15 is 0 Å². The van der Waals surface area contributed by atoms with E-state index in [1.807, 2.05) is 4.90 Å². The molecular weight excluding hydrogens is 274 g/mol. The number of nitrogens with zero attached hydrogens (tertiary/aromatic N) is 2. The molecule has 0 aliphatic carbocycles. The van der Waals surface area contributed by atoms with Crippen molar-refractivity contribution in [2.75, 3.05) is 37.6 Å². The van der Waals surface area contributed by atoms with Gasteiger partial charge in [-0.25, -0.2) is 4.79 Å². The van der Waals surface area contributed by atoms with Gasteiger partial charge in [-0.3, -0.25) is 0 Å². The molecule has 0 aromatic heterocycles. The minimum atomic E-state index is 0.00244. The van der Waals surface area contributed by atoms with Gasteiger partial charge < -0.3 is 15.1 Å². The monoisotopic (exact) mass is 301 g/mol. The molecule has 0 spiro atoms. The van der Waals surface area contributed by atoms with Gasteiger partial charge in [0, 0.05) is 38.4 Å². The normalized spacial score (nSPS) is 15.6. The van der Waals surface area contributed by atoms with Crippen LogP contribution in [-0.2, 0) is 5.41 Å². The zero-order chi connectivity index (χ0) is 16.2. The number of hydrogen-bond acceptors (Lipinski definition) is 2. The Morgan fingerprint density at radius 3 is 2.27 bits per heavy atom. The van der Waals surface area contributed by atoms with Gasteiger partial charge in [-0.1, -0.05) is 39.0 Å². The average molecular weight is 301 g/mol. The van der Waals surface area contributed by atoms with E-state index in [-0.39, 0.29) is 11.4 Å². The molecule has 22 heavy (non-hydrogen) atoms. The first-order valence-electron chi connectivity index (χ1n) is 7.91. The molecule has 2 amide bonds. The van der Waals surface area contributed by atoms with Crippen LogP contribution in [0.5, 0.6) is 0 Å². The number of nitrogens with one attached hydrogen (secondary N) is 1. The lowest BCUT2D eigenvalue weighted by Gasteiger charge is -2.36. The van der Waals surface area contributed by atoms with Crippen LogP contribution < -0.4 is 10.2 Å². The van der Waals surface area contributed by atoms with E-state index in [1.165, 1.54) is 11.3 Å². The predicted molar refractivity (Wildman–Crippen MR) is 92.5 cm³/mol. The van der Waals surface area contributed by atoms with Crippen molar-refractivity contribution in [1.82, 2.24) is 10.2 Å². The van der Waals surface area contributed by atoms with Gasteiger partial charge in [0.05, 0.1) is 0 Å². The minimum absolute atomic E-state index is 0.00244. The van der Waals surface area contributed by atoms with Crippen LogP contribution in [0.3, 0.4) is 0 Å². The molecule has 120 valence electrons. The molecule has 1 aromatic rings. The molecule has 0 atom stereocenters. The van der Waals surface area contributed by atoms with Crippen LogP contribution in [0.4, 0.5) is 10.5 Å². The van der Waals surface area contributed by atoms with Crippen molar-refractivity contribution in [2.24, 2.45) is 0 Å². The quantitative estimate of drug-likeness (QED) is 0.871. The molecule has 1 heterocycles. The number of rotatable bonds is 3. The summed E-state index contributed by atoms with van der Waals surface area (Å²) >= 11 is 0. The van der Waals surface area contributed by atoms with Gasteiger partial charge in [0.1, 0.15) is 0 Å². The Morgan fingerprint density at radius 1 is 1.18 bits per heavy atom. The second-order valence-electron chi connectivity index (χ2n) is 6.75. The zero-order valence-electron chi connectivity index (χ0n) is 13.9. The van der Waals surface area contributed by atoms with Gasteiger partial charge in [-0.15, -0.1) is 6.58 Å². The Morgan fingerprint density at radius 2 is 1.77 bits per heavy atom. The van der Waals surface area contributed by atoms with E-state index in [4.69, 9.17) is 0 Å². The number of carbonyl (C=O) groups is 1. The van der Waals surface area contributed by atoms with Crippen LogP contribution in [0.2, 0.25) is 0 Å². The third-order valence-corrected chi connectivity index (χ3v) is 4.06. The van der Waals surface area contributed by atoms with Gasteiger partial charge in [0.25, 0.3) is 0 Å².